The first kappa shape index (κ1) is 16.1. The summed E-state index contributed by atoms with van der Waals surface area (Å²) in [7, 11) is 0. The monoisotopic (exact) mass is 298 g/mol. The molecule has 1 aliphatic carbocycles. The Morgan fingerprint density at radius 3 is 2.62 bits per heavy atom. The normalized spacial score (nSPS) is 29.8. The first-order valence-corrected chi connectivity index (χ1v) is 8.00. The topological polar surface area (TPSA) is 78.9 Å². The number of carbonyl (C=O) groups is 2. The molecule has 0 radical (unpaired) electrons. The summed E-state index contributed by atoms with van der Waals surface area (Å²) < 4.78 is 5.00. The van der Waals surface area contributed by atoms with Crippen LogP contribution in [0.4, 0.5) is 4.79 Å². The number of ether oxygens (including phenoxy) is 1. The van der Waals surface area contributed by atoms with E-state index in [1.54, 1.807) is 11.8 Å². The highest BCUT2D eigenvalue weighted by Gasteiger charge is 2.30. The van der Waals surface area contributed by atoms with Crippen LogP contribution >= 0.6 is 0 Å². The van der Waals surface area contributed by atoms with Gasteiger partial charge in [-0.1, -0.05) is 0 Å². The molecule has 2 aliphatic rings. The number of aliphatic hydroxyl groups is 1. The van der Waals surface area contributed by atoms with Gasteiger partial charge in [0.2, 0.25) is 5.91 Å². The van der Waals surface area contributed by atoms with E-state index in [2.05, 4.69) is 5.32 Å². The lowest BCUT2D eigenvalue weighted by Gasteiger charge is -2.33. The van der Waals surface area contributed by atoms with E-state index in [4.69, 9.17) is 4.74 Å². The summed E-state index contributed by atoms with van der Waals surface area (Å²) in [6, 6.07) is 0.166. The molecule has 0 aromatic carbocycles. The molecule has 0 aromatic heterocycles. The minimum absolute atomic E-state index is 0.0328. The number of piperidine rings is 1. The molecule has 2 fully saturated rings. The molecule has 2 N–H and O–H groups in total. The number of hydrogen-bond donors (Lipinski definition) is 2. The van der Waals surface area contributed by atoms with Gasteiger partial charge in [0.25, 0.3) is 0 Å². The van der Waals surface area contributed by atoms with Crippen LogP contribution in [0.15, 0.2) is 0 Å². The van der Waals surface area contributed by atoms with Crippen molar-refractivity contribution in [1.29, 1.82) is 0 Å². The van der Waals surface area contributed by atoms with Gasteiger partial charge in [-0.15, -0.1) is 0 Å². The number of amides is 2. The molecule has 1 heterocycles. The summed E-state index contributed by atoms with van der Waals surface area (Å²) >= 11 is 0. The van der Waals surface area contributed by atoms with Crippen LogP contribution in [0.5, 0.6) is 0 Å². The van der Waals surface area contributed by atoms with Gasteiger partial charge in [-0.25, -0.2) is 4.79 Å². The smallest absolute Gasteiger partial charge is 0.409 e. The molecule has 1 saturated carbocycles. The minimum atomic E-state index is -0.323. The second-order valence-electron chi connectivity index (χ2n) is 6.00. The van der Waals surface area contributed by atoms with Crippen molar-refractivity contribution < 1.29 is 19.4 Å². The summed E-state index contributed by atoms with van der Waals surface area (Å²) in [5.41, 5.74) is 0. The lowest BCUT2D eigenvalue weighted by atomic mass is 9.91. The van der Waals surface area contributed by atoms with E-state index >= 15 is 0 Å². The molecular weight excluding hydrogens is 272 g/mol. The third kappa shape index (κ3) is 4.59. The van der Waals surface area contributed by atoms with Crippen LogP contribution in [0.3, 0.4) is 0 Å². The number of nitrogens with one attached hydrogen (secondary N) is 1. The van der Waals surface area contributed by atoms with Crippen molar-refractivity contribution in [3.05, 3.63) is 0 Å². The van der Waals surface area contributed by atoms with Gasteiger partial charge < -0.3 is 20.1 Å². The van der Waals surface area contributed by atoms with Crippen LogP contribution in [0.2, 0.25) is 0 Å². The third-order valence-electron chi connectivity index (χ3n) is 4.36. The predicted molar refractivity (Wildman–Crippen MR) is 77.7 cm³/mol. The zero-order valence-electron chi connectivity index (χ0n) is 12.7. The van der Waals surface area contributed by atoms with Crippen LogP contribution in [0.25, 0.3) is 0 Å². The fourth-order valence-corrected chi connectivity index (χ4v) is 3.11. The maximum atomic E-state index is 12.3. The zero-order chi connectivity index (χ0) is 15.2. The molecule has 2 amide bonds. The van der Waals surface area contributed by atoms with Gasteiger partial charge in [0.15, 0.2) is 0 Å². The van der Waals surface area contributed by atoms with E-state index in [1.807, 2.05) is 0 Å². The SMILES string of the molecule is CCOC(=O)N1CCCC(C(=O)NC2CCC(O)CC2)C1. The van der Waals surface area contributed by atoms with Crippen molar-refractivity contribution in [2.45, 2.75) is 57.6 Å². The van der Waals surface area contributed by atoms with Gasteiger partial charge in [0, 0.05) is 19.1 Å². The molecule has 0 aromatic rings. The summed E-state index contributed by atoms with van der Waals surface area (Å²) in [5.74, 6) is -0.111. The zero-order valence-corrected chi connectivity index (χ0v) is 12.7. The first-order valence-electron chi connectivity index (χ1n) is 8.00. The van der Waals surface area contributed by atoms with E-state index in [1.165, 1.54) is 0 Å². The molecule has 1 atom stereocenters. The second kappa shape index (κ2) is 7.64. The van der Waals surface area contributed by atoms with Gasteiger partial charge in [0.1, 0.15) is 0 Å². The Hall–Kier alpha value is -1.30. The van der Waals surface area contributed by atoms with Crippen molar-refractivity contribution in [3.63, 3.8) is 0 Å². The average Bonchev–Trinajstić information content (AvgIpc) is 2.50. The number of carbonyl (C=O) groups excluding carboxylic acids is 2. The van der Waals surface area contributed by atoms with E-state index in [0.717, 1.165) is 38.5 Å². The van der Waals surface area contributed by atoms with E-state index in [9.17, 15) is 14.7 Å². The first-order chi connectivity index (χ1) is 10.1. The number of hydrogen-bond acceptors (Lipinski definition) is 4. The van der Waals surface area contributed by atoms with Gasteiger partial charge in [-0.05, 0) is 45.4 Å². The van der Waals surface area contributed by atoms with Crippen molar-refractivity contribution in [3.8, 4) is 0 Å². The molecular formula is C15H26N2O4. The lowest BCUT2D eigenvalue weighted by molar-refractivity contribution is -0.127. The van der Waals surface area contributed by atoms with Crippen LogP contribution < -0.4 is 5.32 Å². The quantitative estimate of drug-likeness (QED) is 0.822. The largest absolute Gasteiger partial charge is 0.450 e. The van der Waals surface area contributed by atoms with Gasteiger partial charge in [0.05, 0.1) is 18.6 Å². The molecule has 1 unspecified atom stereocenters. The van der Waals surface area contributed by atoms with Crippen LogP contribution in [0.1, 0.15) is 45.4 Å². The minimum Gasteiger partial charge on any atom is -0.450 e. The summed E-state index contributed by atoms with van der Waals surface area (Å²) in [6.07, 6.45) is 4.29. The maximum Gasteiger partial charge on any atom is 0.409 e. The molecule has 6 heteroatoms. The number of rotatable bonds is 3. The molecule has 120 valence electrons. The number of nitrogens with zero attached hydrogens (tertiary/aromatic N) is 1. The summed E-state index contributed by atoms with van der Waals surface area (Å²) in [5, 5.41) is 12.6. The van der Waals surface area contributed by atoms with Crippen LogP contribution in [-0.4, -0.2) is 53.8 Å². The molecule has 2 rings (SSSR count). The molecule has 0 spiro atoms. The summed E-state index contributed by atoms with van der Waals surface area (Å²) in [6.45, 7) is 3.25. The molecule has 1 saturated heterocycles. The van der Waals surface area contributed by atoms with E-state index in [0.29, 0.717) is 19.7 Å². The highest BCUT2D eigenvalue weighted by molar-refractivity contribution is 5.80. The molecule has 6 nitrogen and oxygen atoms in total. The Labute approximate surface area is 125 Å². The van der Waals surface area contributed by atoms with E-state index < -0.39 is 0 Å². The third-order valence-corrected chi connectivity index (χ3v) is 4.36. The maximum absolute atomic E-state index is 12.3. The van der Waals surface area contributed by atoms with Gasteiger partial charge >= 0.3 is 6.09 Å². The van der Waals surface area contributed by atoms with Crippen molar-refractivity contribution in [2.24, 2.45) is 5.92 Å². The molecule has 1 aliphatic heterocycles. The standard InChI is InChI=1S/C15H26N2O4/c1-2-21-15(20)17-9-3-4-11(10-17)14(19)16-12-5-7-13(18)8-6-12/h11-13,18H,2-10H2,1H3,(H,16,19). The molecule has 0 bridgehead atoms. The Morgan fingerprint density at radius 1 is 1.24 bits per heavy atom. The van der Waals surface area contributed by atoms with E-state index in [-0.39, 0.29) is 30.1 Å². The Balaban J connectivity index is 1.80. The van der Waals surface area contributed by atoms with Crippen molar-refractivity contribution in [1.82, 2.24) is 10.2 Å². The fraction of sp³-hybridized carbons (Fsp3) is 0.867. The number of likely N-dealkylation sites (tertiary alicyclic amines) is 1. The second-order valence-corrected chi connectivity index (χ2v) is 6.00. The Kier molecular flexibility index (Phi) is 5.85. The fourth-order valence-electron chi connectivity index (χ4n) is 3.11. The Morgan fingerprint density at radius 2 is 1.95 bits per heavy atom. The molecule has 21 heavy (non-hydrogen) atoms. The van der Waals surface area contributed by atoms with Crippen LogP contribution in [0, 0.1) is 5.92 Å². The van der Waals surface area contributed by atoms with Crippen molar-refractivity contribution in [2.75, 3.05) is 19.7 Å². The predicted octanol–water partition coefficient (Wildman–Crippen LogP) is 1.27. The summed E-state index contributed by atoms with van der Waals surface area (Å²) in [4.78, 5) is 25.7. The average molecular weight is 298 g/mol. The number of aliphatic hydroxyl groups excluding tert-OH is 1. The van der Waals surface area contributed by atoms with Crippen LogP contribution in [-0.2, 0) is 9.53 Å². The highest BCUT2D eigenvalue weighted by atomic mass is 16.6. The van der Waals surface area contributed by atoms with Crippen molar-refractivity contribution >= 4 is 12.0 Å². The lowest BCUT2D eigenvalue weighted by Crippen LogP contribution is -2.48. The highest BCUT2D eigenvalue weighted by Crippen LogP contribution is 2.21. The Bertz CT molecular complexity index is 367. The van der Waals surface area contributed by atoms with Gasteiger partial charge in [-0.3, -0.25) is 4.79 Å². The van der Waals surface area contributed by atoms with Gasteiger partial charge in [-0.2, -0.15) is 0 Å².